The Morgan fingerprint density at radius 3 is 2.57 bits per heavy atom. The van der Waals surface area contributed by atoms with Gasteiger partial charge in [0.05, 0.1) is 11.1 Å². The number of hydrogen-bond donors (Lipinski definition) is 1. The van der Waals surface area contributed by atoms with Gasteiger partial charge in [0, 0.05) is 23.6 Å². The summed E-state index contributed by atoms with van der Waals surface area (Å²) in [4.78, 5) is 34.2. The number of amides is 1. The molecule has 0 saturated carbocycles. The number of aryl methyl sites for hydroxylation is 1. The molecule has 2 aromatic carbocycles. The van der Waals surface area contributed by atoms with Crippen molar-refractivity contribution in [3.8, 4) is 22.9 Å². The summed E-state index contributed by atoms with van der Waals surface area (Å²) in [7, 11) is 0. The smallest absolute Gasteiger partial charge is 0.291 e. The number of nitrogens with one attached hydrogen (secondary N) is 1. The van der Waals surface area contributed by atoms with E-state index in [1.165, 1.54) is 15.9 Å². The number of rotatable bonds is 8. The molecule has 0 unspecified atom stereocenters. The Morgan fingerprint density at radius 2 is 1.84 bits per heavy atom. The second-order valence-electron chi connectivity index (χ2n) is 8.12. The van der Waals surface area contributed by atoms with Crippen molar-refractivity contribution in [3.63, 3.8) is 0 Å². The number of thiazole rings is 1. The van der Waals surface area contributed by atoms with Crippen LogP contribution in [0.25, 0.3) is 22.4 Å². The van der Waals surface area contributed by atoms with E-state index in [1.54, 1.807) is 48.8 Å². The number of fused-ring (bicyclic) bond motifs is 1. The van der Waals surface area contributed by atoms with Crippen LogP contribution in [0.1, 0.15) is 18.1 Å². The normalized spacial score (nSPS) is 11.6. The summed E-state index contributed by atoms with van der Waals surface area (Å²) in [6.07, 6.45) is 5.06. The molecule has 1 amide bonds. The minimum Gasteiger partial charge on any atom is -0.490 e. The van der Waals surface area contributed by atoms with Crippen molar-refractivity contribution in [2.45, 2.75) is 13.8 Å². The average molecular weight is 514 g/mol. The first kappa shape index (κ1) is 24.1. The van der Waals surface area contributed by atoms with Crippen molar-refractivity contribution in [2.24, 2.45) is 0 Å². The van der Waals surface area contributed by atoms with Crippen molar-refractivity contribution in [2.75, 3.05) is 18.5 Å². The first-order chi connectivity index (χ1) is 18.0. The maximum Gasteiger partial charge on any atom is 0.291 e. The summed E-state index contributed by atoms with van der Waals surface area (Å²) in [6.45, 7) is 4.09. The standard InChI is InChI=1S/C27H23N5O4S/c1-3-35-22-14-18(6-9-21(22)36-16-24(33)29-20-7-4-17(2)5-8-20)15-23-26(34)32-27(37-23)30-25(31-32)19-10-12-28-13-11-19/h4-15H,3,16H2,1-2H3,(H,29,33)/b23-15-. The van der Waals surface area contributed by atoms with Crippen LogP contribution in [0.2, 0.25) is 0 Å². The molecule has 0 saturated heterocycles. The fraction of sp³-hybridized carbons (Fsp3) is 0.148. The van der Waals surface area contributed by atoms with Gasteiger partial charge in [-0.1, -0.05) is 35.1 Å². The molecule has 186 valence electrons. The second kappa shape index (κ2) is 10.6. The quantitative estimate of drug-likeness (QED) is 0.338. The van der Waals surface area contributed by atoms with E-state index in [1.807, 2.05) is 38.1 Å². The lowest BCUT2D eigenvalue weighted by atomic mass is 10.2. The number of ether oxygens (including phenoxy) is 2. The van der Waals surface area contributed by atoms with Gasteiger partial charge >= 0.3 is 0 Å². The number of hydrogen-bond acceptors (Lipinski definition) is 8. The molecule has 0 fully saturated rings. The predicted octanol–water partition coefficient (Wildman–Crippen LogP) is 3.49. The number of aromatic nitrogens is 4. The van der Waals surface area contributed by atoms with Crippen LogP contribution in [0.4, 0.5) is 5.69 Å². The topological polar surface area (TPSA) is 108 Å². The molecule has 0 spiro atoms. The maximum atomic E-state index is 12.9. The van der Waals surface area contributed by atoms with E-state index in [0.717, 1.165) is 16.7 Å². The maximum absolute atomic E-state index is 12.9. The Kier molecular flexibility index (Phi) is 6.91. The molecule has 5 rings (SSSR count). The second-order valence-corrected chi connectivity index (χ2v) is 9.13. The molecule has 0 aliphatic carbocycles. The van der Waals surface area contributed by atoms with Crippen LogP contribution in [0.15, 0.2) is 71.8 Å². The number of carbonyl (C=O) groups excluding carboxylic acids is 1. The van der Waals surface area contributed by atoms with Crippen molar-refractivity contribution < 1.29 is 14.3 Å². The van der Waals surface area contributed by atoms with Crippen LogP contribution in [-0.4, -0.2) is 38.7 Å². The van der Waals surface area contributed by atoms with Crippen LogP contribution < -0.4 is 24.9 Å². The molecule has 9 nitrogen and oxygen atoms in total. The number of pyridine rings is 1. The van der Waals surface area contributed by atoms with Gasteiger partial charge in [-0.25, -0.2) is 0 Å². The van der Waals surface area contributed by atoms with Gasteiger partial charge in [-0.2, -0.15) is 9.50 Å². The molecule has 3 heterocycles. The predicted molar refractivity (Wildman–Crippen MR) is 142 cm³/mol. The highest BCUT2D eigenvalue weighted by molar-refractivity contribution is 7.15. The van der Waals surface area contributed by atoms with Gasteiger partial charge in [0.1, 0.15) is 0 Å². The summed E-state index contributed by atoms with van der Waals surface area (Å²) < 4.78 is 13.3. The van der Waals surface area contributed by atoms with E-state index in [2.05, 4.69) is 20.4 Å². The summed E-state index contributed by atoms with van der Waals surface area (Å²) in [5.41, 5.74) is 3.10. The zero-order chi connectivity index (χ0) is 25.8. The lowest BCUT2D eigenvalue weighted by Gasteiger charge is -2.13. The van der Waals surface area contributed by atoms with Gasteiger partial charge in [0.15, 0.2) is 23.9 Å². The van der Waals surface area contributed by atoms with E-state index in [9.17, 15) is 9.59 Å². The van der Waals surface area contributed by atoms with E-state index in [4.69, 9.17) is 9.47 Å². The molecule has 5 aromatic rings. The summed E-state index contributed by atoms with van der Waals surface area (Å²) in [5, 5.41) is 7.16. The Bertz CT molecular complexity index is 1660. The van der Waals surface area contributed by atoms with Gasteiger partial charge in [-0.05, 0) is 61.9 Å². The van der Waals surface area contributed by atoms with Gasteiger partial charge in [0.2, 0.25) is 4.96 Å². The van der Waals surface area contributed by atoms with E-state index < -0.39 is 0 Å². The average Bonchev–Trinajstić information content (AvgIpc) is 3.45. The van der Waals surface area contributed by atoms with Crippen LogP contribution in [0.3, 0.4) is 0 Å². The number of benzene rings is 2. The Labute approximate surface area is 216 Å². The number of anilines is 1. The third kappa shape index (κ3) is 5.49. The van der Waals surface area contributed by atoms with Crippen molar-refractivity contribution in [1.29, 1.82) is 0 Å². The van der Waals surface area contributed by atoms with Gasteiger partial charge in [-0.15, -0.1) is 5.10 Å². The molecule has 0 bridgehead atoms. The molecule has 1 N–H and O–H groups in total. The largest absolute Gasteiger partial charge is 0.490 e. The highest BCUT2D eigenvalue weighted by Gasteiger charge is 2.13. The van der Waals surface area contributed by atoms with E-state index in [-0.39, 0.29) is 18.1 Å². The van der Waals surface area contributed by atoms with Crippen LogP contribution in [0.5, 0.6) is 11.5 Å². The highest BCUT2D eigenvalue weighted by Crippen LogP contribution is 2.29. The third-order valence-corrected chi connectivity index (χ3v) is 6.34. The fourth-order valence-corrected chi connectivity index (χ4v) is 4.50. The number of carbonyl (C=O) groups is 1. The molecule has 0 aliphatic rings. The molecule has 37 heavy (non-hydrogen) atoms. The van der Waals surface area contributed by atoms with E-state index in [0.29, 0.717) is 39.1 Å². The highest BCUT2D eigenvalue weighted by atomic mass is 32.1. The van der Waals surface area contributed by atoms with Crippen molar-refractivity contribution in [3.05, 3.63) is 93.0 Å². The molecule has 3 aromatic heterocycles. The summed E-state index contributed by atoms with van der Waals surface area (Å²) in [5.74, 6) is 1.11. The minimum absolute atomic E-state index is 0.171. The Hall–Kier alpha value is -4.57. The van der Waals surface area contributed by atoms with Gasteiger partial charge in [0.25, 0.3) is 11.5 Å². The summed E-state index contributed by atoms with van der Waals surface area (Å²) in [6, 6.07) is 16.4. The lowest BCUT2D eigenvalue weighted by Crippen LogP contribution is -2.23. The van der Waals surface area contributed by atoms with Crippen LogP contribution >= 0.6 is 11.3 Å². The SMILES string of the molecule is CCOc1cc(/C=c2\sc3nc(-c4ccncc4)nn3c2=O)ccc1OCC(=O)Nc1ccc(C)cc1. The van der Waals surface area contributed by atoms with Gasteiger partial charge < -0.3 is 14.8 Å². The van der Waals surface area contributed by atoms with Crippen molar-refractivity contribution in [1.82, 2.24) is 19.6 Å². The van der Waals surface area contributed by atoms with Crippen molar-refractivity contribution >= 4 is 34.0 Å². The Balaban J connectivity index is 1.34. The van der Waals surface area contributed by atoms with Crippen LogP contribution in [-0.2, 0) is 4.79 Å². The first-order valence-corrected chi connectivity index (χ1v) is 12.4. The monoisotopic (exact) mass is 513 g/mol. The summed E-state index contributed by atoms with van der Waals surface area (Å²) >= 11 is 1.25. The molecule has 10 heteroatoms. The molecule has 0 radical (unpaired) electrons. The molecule has 0 aliphatic heterocycles. The van der Waals surface area contributed by atoms with E-state index >= 15 is 0 Å². The first-order valence-electron chi connectivity index (χ1n) is 11.6. The molecular formula is C27H23N5O4S. The molecular weight excluding hydrogens is 490 g/mol. The zero-order valence-electron chi connectivity index (χ0n) is 20.2. The fourth-order valence-electron chi connectivity index (χ4n) is 3.59. The minimum atomic E-state index is -0.279. The number of nitrogens with zero attached hydrogens (tertiary/aromatic N) is 4. The zero-order valence-corrected chi connectivity index (χ0v) is 21.0. The molecule has 0 atom stereocenters. The van der Waals surface area contributed by atoms with Crippen LogP contribution in [0, 0.1) is 6.92 Å². The van der Waals surface area contributed by atoms with Gasteiger partial charge in [-0.3, -0.25) is 14.6 Å². The lowest BCUT2D eigenvalue weighted by molar-refractivity contribution is -0.118. The Morgan fingerprint density at radius 1 is 1.05 bits per heavy atom. The third-order valence-electron chi connectivity index (χ3n) is 5.38.